The molecule has 3 atom stereocenters. The van der Waals surface area contributed by atoms with Crippen molar-refractivity contribution in [3.8, 4) is 0 Å². The van der Waals surface area contributed by atoms with E-state index in [1.165, 1.54) is 19.4 Å². The molecule has 0 radical (unpaired) electrons. The molecule has 1 aliphatic heterocycles. The van der Waals surface area contributed by atoms with Crippen LogP contribution in [0.4, 0.5) is 0 Å². The highest BCUT2D eigenvalue weighted by Crippen LogP contribution is 2.23. The number of hydrogen-bond acceptors (Lipinski definition) is 4. The standard InChI is InChI=1S/C16H34N2O2/c1-5-8-17-16(3,13-19)10-14(2)18-9-6-7-15(11-18)12-20-4/h14-15,17,19H,5-13H2,1-4H3. The lowest BCUT2D eigenvalue weighted by Gasteiger charge is -2.40. The molecule has 3 unspecified atom stereocenters. The Morgan fingerprint density at radius 3 is 2.85 bits per heavy atom. The molecule has 0 bridgehead atoms. The van der Waals surface area contributed by atoms with Crippen molar-refractivity contribution in [1.82, 2.24) is 10.2 Å². The maximum Gasteiger partial charge on any atom is 0.0611 e. The minimum Gasteiger partial charge on any atom is -0.394 e. The van der Waals surface area contributed by atoms with E-state index in [0.29, 0.717) is 12.0 Å². The second-order valence-corrected chi connectivity index (χ2v) is 6.66. The van der Waals surface area contributed by atoms with Gasteiger partial charge in [0.05, 0.1) is 13.2 Å². The van der Waals surface area contributed by atoms with Crippen LogP contribution in [0.3, 0.4) is 0 Å². The molecule has 120 valence electrons. The zero-order valence-corrected chi connectivity index (χ0v) is 13.8. The number of ether oxygens (including phenoxy) is 1. The monoisotopic (exact) mass is 286 g/mol. The van der Waals surface area contributed by atoms with Crippen LogP contribution in [0.1, 0.15) is 46.5 Å². The molecule has 0 aromatic heterocycles. The number of hydrogen-bond donors (Lipinski definition) is 2. The highest BCUT2D eigenvalue weighted by atomic mass is 16.5. The van der Waals surface area contributed by atoms with Crippen LogP contribution < -0.4 is 5.32 Å². The van der Waals surface area contributed by atoms with Crippen LogP contribution in [0, 0.1) is 5.92 Å². The molecule has 1 rings (SSSR count). The van der Waals surface area contributed by atoms with Crippen LogP contribution in [0.2, 0.25) is 0 Å². The minimum atomic E-state index is -0.163. The molecule has 1 heterocycles. The van der Waals surface area contributed by atoms with E-state index in [2.05, 4.69) is 31.0 Å². The third-order valence-corrected chi connectivity index (χ3v) is 4.47. The Morgan fingerprint density at radius 1 is 1.50 bits per heavy atom. The average molecular weight is 286 g/mol. The molecule has 4 heteroatoms. The van der Waals surface area contributed by atoms with Gasteiger partial charge in [-0.3, -0.25) is 0 Å². The van der Waals surface area contributed by atoms with Crippen molar-refractivity contribution >= 4 is 0 Å². The van der Waals surface area contributed by atoms with Crippen molar-refractivity contribution in [2.24, 2.45) is 5.92 Å². The van der Waals surface area contributed by atoms with Gasteiger partial charge >= 0.3 is 0 Å². The fourth-order valence-electron chi connectivity index (χ4n) is 3.27. The maximum absolute atomic E-state index is 9.69. The van der Waals surface area contributed by atoms with Gasteiger partial charge in [-0.25, -0.2) is 0 Å². The molecule has 0 saturated carbocycles. The SMILES string of the molecule is CCCNC(C)(CO)CC(C)N1CCCC(COC)C1. The van der Waals surface area contributed by atoms with Gasteiger partial charge in [-0.2, -0.15) is 0 Å². The van der Waals surface area contributed by atoms with Crippen molar-refractivity contribution in [3.05, 3.63) is 0 Å². The van der Waals surface area contributed by atoms with Crippen molar-refractivity contribution < 1.29 is 9.84 Å². The molecule has 0 aromatic carbocycles. The van der Waals surface area contributed by atoms with Gasteiger partial charge < -0.3 is 20.1 Å². The molecular weight excluding hydrogens is 252 g/mol. The van der Waals surface area contributed by atoms with Gasteiger partial charge in [-0.1, -0.05) is 6.92 Å². The van der Waals surface area contributed by atoms with Gasteiger partial charge in [0, 0.05) is 25.2 Å². The van der Waals surface area contributed by atoms with E-state index in [0.717, 1.165) is 32.5 Å². The summed E-state index contributed by atoms with van der Waals surface area (Å²) >= 11 is 0. The van der Waals surface area contributed by atoms with Gasteiger partial charge in [0.15, 0.2) is 0 Å². The number of piperidine rings is 1. The molecule has 1 saturated heterocycles. The zero-order chi connectivity index (χ0) is 15.0. The topological polar surface area (TPSA) is 44.7 Å². The molecule has 1 fully saturated rings. The number of methoxy groups -OCH3 is 1. The lowest BCUT2D eigenvalue weighted by atomic mass is 9.91. The summed E-state index contributed by atoms with van der Waals surface area (Å²) in [6, 6.07) is 0.496. The smallest absolute Gasteiger partial charge is 0.0611 e. The lowest BCUT2D eigenvalue weighted by molar-refractivity contribution is 0.0541. The van der Waals surface area contributed by atoms with Crippen molar-refractivity contribution in [1.29, 1.82) is 0 Å². The zero-order valence-electron chi connectivity index (χ0n) is 13.8. The first-order valence-corrected chi connectivity index (χ1v) is 8.13. The summed E-state index contributed by atoms with van der Waals surface area (Å²) in [6.07, 6.45) is 4.63. The van der Waals surface area contributed by atoms with E-state index in [4.69, 9.17) is 4.74 Å². The van der Waals surface area contributed by atoms with Crippen LogP contribution in [0.15, 0.2) is 0 Å². The van der Waals surface area contributed by atoms with Crippen LogP contribution in [0.5, 0.6) is 0 Å². The van der Waals surface area contributed by atoms with Gasteiger partial charge in [-0.05, 0) is 58.5 Å². The third-order valence-electron chi connectivity index (χ3n) is 4.47. The summed E-state index contributed by atoms with van der Waals surface area (Å²) in [7, 11) is 1.79. The summed E-state index contributed by atoms with van der Waals surface area (Å²) < 4.78 is 5.31. The van der Waals surface area contributed by atoms with Gasteiger partial charge in [-0.15, -0.1) is 0 Å². The van der Waals surface area contributed by atoms with E-state index in [1.807, 2.05) is 0 Å². The fourth-order valence-corrected chi connectivity index (χ4v) is 3.27. The van der Waals surface area contributed by atoms with Crippen molar-refractivity contribution in [2.45, 2.75) is 58.0 Å². The predicted octanol–water partition coefficient (Wildman–Crippen LogP) is 1.87. The number of nitrogens with one attached hydrogen (secondary N) is 1. The van der Waals surface area contributed by atoms with Gasteiger partial charge in [0.1, 0.15) is 0 Å². The summed E-state index contributed by atoms with van der Waals surface area (Å²) in [5, 5.41) is 13.2. The number of rotatable bonds is 9. The molecule has 4 nitrogen and oxygen atoms in total. The first-order valence-electron chi connectivity index (χ1n) is 8.13. The van der Waals surface area contributed by atoms with Crippen LogP contribution >= 0.6 is 0 Å². The molecule has 20 heavy (non-hydrogen) atoms. The van der Waals surface area contributed by atoms with E-state index >= 15 is 0 Å². The molecule has 1 aliphatic rings. The molecule has 0 aliphatic carbocycles. The third kappa shape index (κ3) is 5.68. The fraction of sp³-hybridized carbons (Fsp3) is 1.00. The summed E-state index contributed by atoms with van der Waals surface area (Å²) in [6.45, 7) is 10.9. The Labute approximate surface area is 124 Å². The molecule has 0 spiro atoms. The Kier molecular flexibility index (Phi) is 8.03. The Bertz CT molecular complexity index is 261. The summed E-state index contributed by atoms with van der Waals surface area (Å²) in [5.41, 5.74) is -0.163. The predicted molar refractivity (Wildman–Crippen MR) is 84.0 cm³/mol. The normalized spacial score (nSPS) is 25.4. The second-order valence-electron chi connectivity index (χ2n) is 6.66. The van der Waals surface area contributed by atoms with Crippen LogP contribution in [-0.4, -0.2) is 61.5 Å². The van der Waals surface area contributed by atoms with Gasteiger partial charge in [0.25, 0.3) is 0 Å². The molecule has 2 N–H and O–H groups in total. The number of aliphatic hydroxyl groups is 1. The highest BCUT2D eigenvalue weighted by Gasteiger charge is 2.30. The lowest BCUT2D eigenvalue weighted by Crippen LogP contribution is -2.52. The quantitative estimate of drug-likeness (QED) is 0.679. The average Bonchev–Trinajstić information content (AvgIpc) is 2.46. The van der Waals surface area contributed by atoms with Crippen molar-refractivity contribution in [2.75, 3.05) is 40.0 Å². The molecular formula is C16H34N2O2. The molecule has 0 amide bonds. The van der Waals surface area contributed by atoms with Crippen LogP contribution in [-0.2, 0) is 4.74 Å². The van der Waals surface area contributed by atoms with Crippen LogP contribution in [0.25, 0.3) is 0 Å². The Balaban J connectivity index is 2.48. The number of nitrogens with zero attached hydrogens (tertiary/aromatic N) is 1. The summed E-state index contributed by atoms with van der Waals surface area (Å²) in [5.74, 6) is 0.667. The number of aliphatic hydroxyl groups excluding tert-OH is 1. The minimum absolute atomic E-state index is 0.163. The van der Waals surface area contributed by atoms with E-state index in [-0.39, 0.29) is 12.1 Å². The van der Waals surface area contributed by atoms with Crippen molar-refractivity contribution in [3.63, 3.8) is 0 Å². The van der Waals surface area contributed by atoms with Gasteiger partial charge in [0.2, 0.25) is 0 Å². The summed E-state index contributed by atoms with van der Waals surface area (Å²) in [4.78, 5) is 2.56. The second kappa shape index (κ2) is 8.98. The Morgan fingerprint density at radius 2 is 2.25 bits per heavy atom. The highest BCUT2D eigenvalue weighted by molar-refractivity contribution is 4.88. The first kappa shape index (κ1) is 17.9. The maximum atomic E-state index is 9.69. The largest absolute Gasteiger partial charge is 0.394 e. The van der Waals surface area contributed by atoms with E-state index < -0.39 is 0 Å². The number of likely N-dealkylation sites (tertiary alicyclic amines) is 1. The van der Waals surface area contributed by atoms with E-state index in [9.17, 15) is 5.11 Å². The van der Waals surface area contributed by atoms with E-state index in [1.54, 1.807) is 7.11 Å². The Hall–Kier alpha value is -0.160. The first-order chi connectivity index (χ1) is 9.54. The molecule has 0 aromatic rings.